The van der Waals surface area contributed by atoms with Crippen molar-refractivity contribution in [2.75, 3.05) is 0 Å². The molecule has 0 aliphatic carbocycles. The predicted octanol–water partition coefficient (Wildman–Crippen LogP) is 4.54. The third-order valence-electron chi connectivity index (χ3n) is 4.49. The number of carboxylic acid groups (broad SMARTS) is 2. The zero-order valence-electron chi connectivity index (χ0n) is 15.8. The quantitative estimate of drug-likeness (QED) is 0.196. The maximum atomic E-state index is 11.2. The number of hydrogen-bond acceptors (Lipinski definition) is 4. The normalized spacial score (nSPS) is 10.6. The van der Waals surface area contributed by atoms with E-state index in [9.17, 15) is 19.2 Å². The number of ketones is 2. The predicted molar refractivity (Wildman–Crippen MR) is 99.2 cm³/mol. The SMILES string of the molecule is O=C(O)CCCCCCCCCCCCCCCCC(=O)C(=O)C(=O)O. The number of aliphatic carboxylic acids is 2. The van der Waals surface area contributed by atoms with Crippen molar-refractivity contribution in [2.24, 2.45) is 0 Å². The molecule has 0 heterocycles. The molecule has 0 spiro atoms. The number of carbonyl (C=O) groups is 4. The molecule has 0 fully saturated rings. The minimum atomic E-state index is -1.66. The number of Topliss-reactive ketones (excluding diaryl/α,β-unsaturated/α-hetero) is 2. The van der Waals surface area contributed by atoms with Gasteiger partial charge in [0.05, 0.1) is 0 Å². The lowest BCUT2D eigenvalue weighted by Crippen LogP contribution is -2.22. The van der Waals surface area contributed by atoms with Gasteiger partial charge in [0.15, 0.2) is 0 Å². The Labute approximate surface area is 156 Å². The third-order valence-corrected chi connectivity index (χ3v) is 4.49. The van der Waals surface area contributed by atoms with Gasteiger partial charge in [-0.05, 0) is 12.8 Å². The molecule has 0 amide bonds. The molecule has 0 radical (unpaired) electrons. The van der Waals surface area contributed by atoms with E-state index in [0.717, 1.165) is 38.5 Å². The van der Waals surface area contributed by atoms with Gasteiger partial charge in [0.25, 0.3) is 0 Å². The van der Waals surface area contributed by atoms with Crippen LogP contribution < -0.4 is 0 Å². The van der Waals surface area contributed by atoms with Crippen molar-refractivity contribution < 1.29 is 29.4 Å². The van der Waals surface area contributed by atoms with Crippen LogP contribution >= 0.6 is 0 Å². The van der Waals surface area contributed by atoms with Crippen LogP contribution in [0.2, 0.25) is 0 Å². The van der Waals surface area contributed by atoms with Gasteiger partial charge in [-0.25, -0.2) is 4.79 Å². The molecule has 26 heavy (non-hydrogen) atoms. The summed E-state index contributed by atoms with van der Waals surface area (Å²) in [6.07, 6.45) is 15.4. The molecule has 0 aliphatic rings. The first-order valence-electron chi connectivity index (χ1n) is 9.97. The molecule has 0 aliphatic heterocycles. The summed E-state index contributed by atoms with van der Waals surface area (Å²) in [6.45, 7) is 0. The van der Waals surface area contributed by atoms with Crippen LogP contribution in [-0.4, -0.2) is 33.7 Å². The van der Waals surface area contributed by atoms with Gasteiger partial charge in [0.2, 0.25) is 5.78 Å². The van der Waals surface area contributed by atoms with E-state index in [1.165, 1.54) is 44.9 Å². The van der Waals surface area contributed by atoms with Crippen molar-refractivity contribution in [3.05, 3.63) is 0 Å². The van der Waals surface area contributed by atoms with Crippen molar-refractivity contribution >= 4 is 23.5 Å². The summed E-state index contributed by atoms with van der Waals surface area (Å²) in [7, 11) is 0. The Morgan fingerprint density at radius 1 is 0.462 bits per heavy atom. The smallest absolute Gasteiger partial charge is 0.380 e. The molecule has 0 bridgehead atoms. The van der Waals surface area contributed by atoms with E-state index >= 15 is 0 Å². The fourth-order valence-electron chi connectivity index (χ4n) is 2.92. The van der Waals surface area contributed by atoms with Gasteiger partial charge >= 0.3 is 17.7 Å². The molecule has 150 valence electrons. The Bertz CT molecular complexity index is 430. The Kier molecular flexibility index (Phi) is 15.6. The molecular weight excluding hydrogens is 336 g/mol. The van der Waals surface area contributed by atoms with E-state index in [-0.39, 0.29) is 12.8 Å². The highest BCUT2D eigenvalue weighted by Gasteiger charge is 2.20. The van der Waals surface area contributed by atoms with E-state index in [1.54, 1.807) is 0 Å². The monoisotopic (exact) mass is 370 g/mol. The van der Waals surface area contributed by atoms with Crippen LogP contribution in [0.15, 0.2) is 0 Å². The topological polar surface area (TPSA) is 109 Å². The average molecular weight is 370 g/mol. The second kappa shape index (κ2) is 16.7. The Balaban J connectivity index is 3.20. The summed E-state index contributed by atoms with van der Waals surface area (Å²) in [5.74, 6) is -4.45. The van der Waals surface area contributed by atoms with E-state index in [2.05, 4.69) is 0 Å². The number of carboxylic acids is 2. The summed E-state index contributed by atoms with van der Waals surface area (Å²) in [5, 5.41) is 16.9. The number of rotatable bonds is 19. The number of carbonyl (C=O) groups excluding carboxylic acids is 2. The first kappa shape index (κ1) is 24.3. The largest absolute Gasteiger partial charge is 0.481 e. The average Bonchev–Trinajstić information content (AvgIpc) is 2.60. The first-order valence-corrected chi connectivity index (χ1v) is 9.97. The maximum Gasteiger partial charge on any atom is 0.380 e. The van der Waals surface area contributed by atoms with Gasteiger partial charge in [0.1, 0.15) is 0 Å². The second-order valence-corrected chi connectivity index (χ2v) is 6.90. The maximum absolute atomic E-state index is 11.2. The van der Waals surface area contributed by atoms with Crippen molar-refractivity contribution in [3.63, 3.8) is 0 Å². The van der Waals surface area contributed by atoms with Gasteiger partial charge in [-0.3, -0.25) is 14.4 Å². The minimum absolute atomic E-state index is 0.0431. The van der Waals surface area contributed by atoms with E-state index in [1.807, 2.05) is 0 Å². The molecule has 0 aromatic heterocycles. The summed E-state index contributed by atoms with van der Waals surface area (Å²) < 4.78 is 0. The van der Waals surface area contributed by atoms with E-state index < -0.39 is 23.5 Å². The molecule has 6 nitrogen and oxygen atoms in total. The van der Waals surface area contributed by atoms with Gasteiger partial charge < -0.3 is 10.2 Å². The van der Waals surface area contributed by atoms with Crippen molar-refractivity contribution in [2.45, 2.75) is 103 Å². The van der Waals surface area contributed by atoms with Crippen LogP contribution in [0.5, 0.6) is 0 Å². The fourth-order valence-corrected chi connectivity index (χ4v) is 2.92. The summed E-state index contributed by atoms with van der Waals surface area (Å²) in [5.41, 5.74) is 0. The Hall–Kier alpha value is -1.72. The fraction of sp³-hybridized carbons (Fsp3) is 0.800. The summed E-state index contributed by atoms with van der Waals surface area (Å²) in [4.78, 5) is 42.8. The minimum Gasteiger partial charge on any atom is -0.481 e. The Morgan fingerprint density at radius 2 is 0.769 bits per heavy atom. The van der Waals surface area contributed by atoms with Gasteiger partial charge in [-0.2, -0.15) is 0 Å². The highest BCUT2D eigenvalue weighted by atomic mass is 16.4. The standard InChI is InChI=1S/C20H34O6/c21-17(19(24)20(25)26)15-13-11-9-7-5-3-1-2-4-6-8-10-12-14-16-18(22)23/h1-16H2,(H,22,23)(H,25,26). The van der Waals surface area contributed by atoms with Crippen molar-refractivity contribution in [3.8, 4) is 0 Å². The summed E-state index contributed by atoms with van der Waals surface area (Å²) >= 11 is 0. The van der Waals surface area contributed by atoms with Crippen LogP contribution in [-0.2, 0) is 19.2 Å². The van der Waals surface area contributed by atoms with Crippen LogP contribution in [0.3, 0.4) is 0 Å². The van der Waals surface area contributed by atoms with Crippen LogP contribution in [0, 0.1) is 0 Å². The zero-order valence-corrected chi connectivity index (χ0v) is 15.8. The van der Waals surface area contributed by atoms with Crippen molar-refractivity contribution in [1.29, 1.82) is 0 Å². The van der Waals surface area contributed by atoms with Crippen molar-refractivity contribution in [1.82, 2.24) is 0 Å². The number of hydrogen-bond donors (Lipinski definition) is 2. The summed E-state index contributed by atoms with van der Waals surface area (Å²) in [6, 6.07) is 0. The number of unbranched alkanes of at least 4 members (excludes halogenated alkanes) is 13. The highest BCUT2D eigenvalue weighted by molar-refractivity contribution is 6.61. The molecular formula is C20H34O6. The lowest BCUT2D eigenvalue weighted by molar-refractivity contribution is -0.153. The molecule has 0 unspecified atom stereocenters. The second-order valence-electron chi connectivity index (χ2n) is 6.90. The van der Waals surface area contributed by atoms with Gasteiger partial charge in [-0.1, -0.05) is 77.0 Å². The van der Waals surface area contributed by atoms with Crippen LogP contribution in [0.1, 0.15) is 103 Å². The third kappa shape index (κ3) is 15.8. The lowest BCUT2D eigenvalue weighted by Gasteiger charge is -2.03. The highest BCUT2D eigenvalue weighted by Crippen LogP contribution is 2.13. The molecule has 0 aromatic rings. The van der Waals surface area contributed by atoms with E-state index in [0.29, 0.717) is 6.42 Å². The van der Waals surface area contributed by atoms with Gasteiger partial charge in [-0.15, -0.1) is 0 Å². The lowest BCUT2D eigenvalue weighted by atomic mass is 10.0. The molecule has 0 aromatic carbocycles. The Morgan fingerprint density at radius 3 is 1.08 bits per heavy atom. The van der Waals surface area contributed by atoms with E-state index in [4.69, 9.17) is 10.2 Å². The van der Waals surface area contributed by atoms with Gasteiger partial charge in [0, 0.05) is 12.8 Å². The molecule has 0 rings (SSSR count). The molecule has 0 atom stereocenters. The van der Waals surface area contributed by atoms with Crippen LogP contribution in [0.25, 0.3) is 0 Å². The molecule has 6 heteroatoms. The zero-order chi connectivity index (χ0) is 19.6. The molecule has 0 saturated carbocycles. The van der Waals surface area contributed by atoms with Crippen LogP contribution in [0.4, 0.5) is 0 Å². The first-order chi connectivity index (χ1) is 12.4. The molecule has 0 saturated heterocycles. The molecule has 2 N–H and O–H groups in total.